The van der Waals surface area contributed by atoms with Crippen molar-refractivity contribution in [2.24, 2.45) is 0 Å². The molecule has 128 valence electrons. The van der Waals surface area contributed by atoms with E-state index >= 15 is 0 Å². The van der Waals surface area contributed by atoms with Crippen molar-refractivity contribution in [1.29, 1.82) is 0 Å². The summed E-state index contributed by atoms with van der Waals surface area (Å²) in [5.74, 6) is 0.907. The highest BCUT2D eigenvalue weighted by molar-refractivity contribution is 8.00. The van der Waals surface area contributed by atoms with Gasteiger partial charge in [-0.1, -0.05) is 53.7 Å². The molecule has 0 saturated carbocycles. The number of rotatable bonds is 5. The molecule has 0 bridgehead atoms. The monoisotopic (exact) mass is 351 g/mol. The Bertz CT molecular complexity index is 900. The Balaban J connectivity index is 1.86. The highest BCUT2D eigenvalue weighted by Crippen LogP contribution is 2.27. The van der Waals surface area contributed by atoms with E-state index in [-0.39, 0.29) is 11.0 Å². The maximum Gasteiger partial charge on any atom is 0.196 e. The van der Waals surface area contributed by atoms with Gasteiger partial charge in [0.15, 0.2) is 10.9 Å². The Morgan fingerprint density at radius 1 is 1.00 bits per heavy atom. The lowest BCUT2D eigenvalue weighted by molar-refractivity contribution is 0.0994. The van der Waals surface area contributed by atoms with Crippen LogP contribution in [-0.2, 0) is 0 Å². The van der Waals surface area contributed by atoms with Gasteiger partial charge in [0.05, 0.1) is 5.25 Å². The van der Waals surface area contributed by atoms with Crippen LogP contribution in [0, 0.1) is 20.8 Å². The van der Waals surface area contributed by atoms with Crippen LogP contribution in [0.2, 0.25) is 0 Å². The van der Waals surface area contributed by atoms with Gasteiger partial charge in [-0.2, -0.15) is 0 Å². The molecule has 0 fully saturated rings. The quantitative estimate of drug-likeness (QED) is 0.499. The minimum Gasteiger partial charge on any atom is -0.293 e. The lowest BCUT2D eigenvalue weighted by atomic mass is 10.1. The summed E-state index contributed by atoms with van der Waals surface area (Å²) < 4.78 is 2.00. The van der Waals surface area contributed by atoms with E-state index in [2.05, 4.69) is 29.3 Å². The molecule has 0 spiro atoms. The number of hydrogen-bond acceptors (Lipinski definition) is 4. The first-order valence-corrected chi connectivity index (χ1v) is 9.10. The van der Waals surface area contributed by atoms with E-state index in [9.17, 15) is 4.79 Å². The molecule has 0 saturated heterocycles. The molecular formula is C20H21N3OS. The molecule has 1 heterocycles. The SMILES string of the molecule is Cc1ccc(C(=O)[C@H](C)Sc2nnc(C)n2-c2cccc(C)c2)cc1. The molecule has 3 rings (SSSR count). The summed E-state index contributed by atoms with van der Waals surface area (Å²) in [6.45, 7) is 7.91. The minimum absolute atomic E-state index is 0.0986. The Hall–Kier alpha value is -2.40. The fourth-order valence-corrected chi connectivity index (χ4v) is 3.64. The number of hydrogen-bond donors (Lipinski definition) is 0. The number of thioether (sulfide) groups is 1. The number of carbonyl (C=O) groups excluding carboxylic acids is 1. The molecule has 1 aromatic heterocycles. The van der Waals surface area contributed by atoms with Gasteiger partial charge in [-0.25, -0.2) is 0 Å². The Morgan fingerprint density at radius 2 is 1.72 bits per heavy atom. The second-order valence-electron chi connectivity index (χ2n) is 6.19. The van der Waals surface area contributed by atoms with E-state index in [4.69, 9.17) is 0 Å². The molecule has 0 radical (unpaired) electrons. The number of Topliss-reactive ketones (excluding diaryl/α,β-unsaturated/α-hetero) is 1. The zero-order valence-corrected chi connectivity index (χ0v) is 15.7. The maximum absolute atomic E-state index is 12.7. The summed E-state index contributed by atoms with van der Waals surface area (Å²) >= 11 is 1.44. The Labute approximate surface area is 152 Å². The van der Waals surface area contributed by atoms with E-state index < -0.39 is 0 Å². The van der Waals surface area contributed by atoms with Crippen molar-refractivity contribution in [3.8, 4) is 5.69 Å². The molecule has 1 atom stereocenters. The standard InChI is InChI=1S/C20H21N3OS/c1-13-8-10-17(11-9-13)19(24)15(3)25-20-22-21-16(4)23(20)18-7-5-6-14(2)12-18/h5-12,15H,1-4H3/t15-/m0/s1. The topological polar surface area (TPSA) is 47.8 Å². The molecule has 0 N–H and O–H groups in total. The molecule has 0 aliphatic carbocycles. The van der Waals surface area contributed by atoms with Crippen molar-refractivity contribution < 1.29 is 4.79 Å². The van der Waals surface area contributed by atoms with Crippen molar-refractivity contribution in [2.75, 3.05) is 0 Å². The van der Waals surface area contributed by atoms with Gasteiger partial charge in [0.25, 0.3) is 0 Å². The molecule has 2 aromatic carbocycles. The average Bonchev–Trinajstić information content (AvgIpc) is 2.95. The second-order valence-corrected chi connectivity index (χ2v) is 7.50. The highest BCUT2D eigenvalue weighted by Gasteiger charge is 2.21. The van der Waals surface area contributed by atoms with Crippen LogP contribution < -0.4 is 0 Å². The van der Waals surface area contributed by atoms with Crippen LogP contribution in [-0.4, -0.2) is 25.8 Å². The zero-order chi connectivity index (χ0) is 18.0. The van der Waals surface area contributed by atoms with Crippen LogP contribution in [0.25, 0.3) is 5.69 Å². The van der Waals surface area contributed by atoms with Crippen LogP contribution in [0.4, 0.5) is 0 Å². The van der Waals surface area contributed by atoms with E-state index in [0.717, 1.165) is 27.8 Å². The normalized spacial score (nSPS) is 12.2. The van der Waals surface area contributed by atoms with Gasteiger partial charge in [0.2, 0.25) is 0 Å². The fraction of sp³-hybridized carbons (Fsp3) is 0.250. The first-order valence-electron chi connectivity index (χ1n) is 8.22. The number of nitrogens with zero attached hydrogens (tertiary/aromatic N) is 3. The van der Waals surface area contributed by atoms with Crippen LogP contribution in [0.5, 0.6) is 0 Å². The molecule has 0 aliphatic heterocycles. The lowest BCUT2D eigenvalue weighted by Gasteiger charge is -2.13. The van der Waals surface area contributed by atoms with Gasteiger partial charge < -0.3 is 0 Å². The van der Waals surface area contributed by atoms with Gasteiger partial charge in [-0.3, -0.25) is 9.36 Å². The minimum atomic E-state index is -0.241. The number of aryl methyl sites for hydroxylation is 3. The number of aromatic nitrogens is 3. The maximum atomic E-state index is 12.7. The Morgan fingerprint density at radius 3 is 2.40 bits per heavy atom. The van der Waals surface area contributed by atoms with Gasteiger partial charge in [-0.15, -0.1) is 10.2 Å². The molecule has 4 nitrogen and oxygen atoms in total. The predicted molar refractivity (Wildman–Crippen MR) is 102 cm³/mol. The van der Waals surface area contributed by atoms with E-state index in [1.54, 1.807) is 0 Å². The first-order chi connectivity index (χ1) is 12.0. The molecule has 0 amide bonds. The fourth-order valence-electron chi connectivity index (χ4n) is 2.65. The predicted octanol–water partition coefficient (Wildman–Crippen LogP) is 4.56. The molecular weight excluding hydrogens is 330 g/mol. The van der Waals surface area contributed by atoms with Crippen molar-refractivity contribution in [2.45, 2.75) is 38.1 Å². The van der Waals surface area contributed by atoms with Gasteiger partial charge in [0.1, 0.15) is 5.82 Å². The first kappa shape index (κ1) is 17.4. The molecule has 5 heteroatoms. The molecule has 3 aromatic rings. The number of carbonyl (C=O) groups is 1. The lowest BCUT2D eigenvalue weighted by Crippen LogP contribution is -2.14. The Kier molecular flexibility index (Phi) is 5.04. The van der Waals surface area contributed by atoms with E-state index in [1.807, 2.05) is 61.7 Å². The zero-order valence-electron chi connectivity index (χ0n) is 14.9. The van der Waals surface area contributed by atoms with Crippen LogP contribution >= 0.6 is 11.8 Å². The smallest absolute Gasteiger partial charge is 0.196 e. The largest absolute Gasteiger partial charge is 0.293 e. The molecule has 25 heavy (non-hydrogen) atoms. The number of ketones is 1. The van der Waals surface area contributed by atoms with E-state index in [0.29, 0.717) is 0 Å². The second kappa shape index (κ2) is 7.23. The van der Waals surface area contributed by atoms with Crippen molar-refractivity contribution in [3.05, 3.63) is 71.0 Å². The average molecular weight is 351 g/mol. The van der Waals surface area contributed by atoms with Crippen molar-refractivity contribution in [3.63, 3.8) is 0 Å². The summed E-state index contributed by atoms with van der Waals surface area (Å²) in [5.41, 5.74) is 4.06. The summed E-state index contributed by atoms with van der Waals surface area (Å²) in [5, 5.41) is 8.97. The van der Waals surface area contributed by atoms with Gasteiger partial charge >= 0.3 is 0 Å². The third kappa shape index (κ3) is 3.82. The number of benzene rings is 2. The summed E-state index contributed by atoms with van der Waals surface area (Å²) in [4.78, 5) is 12.7. The van der Waals surface area contributed by atoms with E-state index in [1.165, 1.54) is 17.3 Å². The third-order valence-electron chi connectivity index (χ3n) is 4.04. The van der Waals surface area contributed by atoms with Crippen LogP contribution in [0.15, 0.2) is 53.7 Å². The summed E-state index contributed by atoms with van der Waals surface area (Å²) in [6, 6.07) is 15.9. The summed E-state index contributed by atoms with van der Waals surface area (Å²) in [6.07, 6.45) is 0. The summed E-state index contributed by atoms with van der Waals surface area (Å²) in [7, 11) is 0. The third-order valence-corrected chi connectivity index (χ3v) is 5.09. The van der Waals surface area contributed by atoms with Crippen molar-refractivity contribution in [1.82, 2.24) is 14.8 Å². The highest BCUT2D eigenvalue weighted by atomic mass is 32.2. The van der Waals surface area contributed by atoms with Gasteiger partial charge in [0, 0.05) is 11.3 Å². The molecule has 0 aliphatic rings. The van der Waals surface area contributed by atoms with Crippen molar-refractivity contribution >= 4 is 17.5 Å². The van der Waals surface area contributed by atoms with Gasteiger partial charge in [-0.05, 0) is 45.4 Å². The van der Waals surface area contributed by atoms with Crippen LogP contribution in [0.1, 0.15) is 34.2 Å². The van der Waals surface area contributed by atoms with Crippen LogP contribution in [0.3, 0.4) is 0 Å². The molecule has 0 unspecified atom stereocenters.